The van der Waals surface area contributed by atoms with Crippen molar-refractivity contribution in [1.29, 1.82) is 0 Å². The van der Waals surface area contributed by atoms with Crippen molar-refractivity contribution in [3.8, 4) is 0 Å². The van der Waals surface area contributed by atoms with Crippen LogP contribution in [-0.4, -0.2) is 19.0 Å². The Morgan fingerprint density at radius 2 is 1.94 bits per heavy atom. The second-order valence-corrected chi connectivity index (χ2v) is 3.34. The van der Waals surface area contributed by atoms with Gasteiger partial charge in [-0.15, -0.1) is 0 Å². The molecule has 3 nitrogen and oxygen atoms in total. The molecule has 0 radical (unpaired) electrons. The minimum atomic E-state index is -3.49. The molecule has 0 spiro atoms. The third-order valence-corrected chi connectivity index (χ3v) is 2.09. The van der Waals surface area contributed by atoms with E-state index in [1.807, 2.05) is 0 Å². The summed E-state index contributed by atoms with van der Waals surface area (Å²) in [5, 5.41) is 2.15. The fraction of sp³-hybridized carbons (Fsp3) is 0.364. The molecule has 0 unspecified atom stereocenters. The van der Waals surface area contributed by atoms with E-state index in [0.29, 0.717) is 13.0 Å². The highest BCUT2D eigenvalue weighted by Gasteiger charge is 2.40. The van der Waals surface area contributed by atoms with Gasteiger partial charge in [-0.2, -0.15) is 8.78 Å². The number of carbonyl (C=O) groups is 1. The first-order valence-electron chi connectivity index (χ1n) is 5.00. The minimum absolute atomic E-state index is 0.164. The van der Waals surface area contributed by atoms with Crippen LogP contribution in [0.2, 0.25) is 0 Å². The predicted molar refractivity (Wildman–Crippen MR) is 57.0 cm³/mol. The highest BCUT2D eigenvalue weighted by molar-refractivity contribution is 5.84. The van der Waals surface area contributed by atoms with E-state index in [1.165, 1.54) is 24.3 Å². The number of halogens is 2. The number of nitrogens with one attached hydrogen (secondary N) is 1. The zero-order valence-electron chi connectivity index (χ0n) is 8.75. The van der Waals surface area contributed by atoms with E-state index in [2.05, 4.69) is 5.32 Å². The highest BCUT2D eigenvalue weighted by atomic mass is 19.3. The maximum Gasteiger partial charge on any atom is 0.349 e. The Labute approximate surface area is 92.6 Å². The van der Waals surface area contributed by atoms with Crippen molar-refractivity contribution in [2.45, 2.75) is 12.3 Å². The molecule has 0 atom stereocenters. The predicted octanol–water partition coefficient (Wildman–Crippen LogP) is 1.24. The van der Waals surface area contributed by atoms with Crippen LogP contribution in [-0.2, 0) is 10.7 Å². The monoisotopic (exact) mass is 228 g/mol. The average molecular weight is 228 g/mol. The van der Waals surface area contributed by atoms with E-state index < -0.39 is 11.8 Å². The zero-order chi connectivity index (χ0) is 12.0. The molecule has 0 saturated heterocycles. The van der Waals surface area contributed by atoms with Gasteiger partial charge in [-0.1, -0.05) is 30.3 Å². The molecule has 0 heterocycles. The molecule has 0 aliphatic carbocycles. The summed E-state index contributed by atoms with van der Waals surface area (Å²) < 4.78 is 27.1. The lowest BCUT2D eigenvalue weighted by molar-refractivity contribution is -0.146. The van der Waals surface area contributed by atoms with Gasteiger partial charge in [-0.05, 0) is 13.0 Å². The number of carbonyl (C=O) groups excluding carboxylic acids is 1. The van der Waals surface area contributed by atoms with Gasteiger partial charge in [0.05, 0.1) is 0 Å². The van der Waals surface area contributed by atoms with Crippen LogP contribution in [0.1, 0.15) is 12.0 Å². The fourth-order valence-corrected chi connectivity index (χ4v) is 1.19. The van der Waals surface area contributed by atoms with Crippen molar-refractivity contribution < 1.29 is 13.6 Å². The summed E-state index contributed by atoms with van der Waals surface area (Å²) in [6, 6.07) is 7.00. The van der Waals surface area contributed by atoms with Gasteiger partial charge in [0.25, 0.3) is 5.91 Å². The quantitative estimate of drug-likeness (QED) is 0.745. The summed E-state index contributed by atoms with van der Waals surface area (Å²) in [7, 11) is 0. The Bertz CT molecular complexity index is 341. The lowest BCUT2D eigenvalue weighted by atomic mass is 10.1. The molecule has 88 valence electrons. The highest BCUT2D eigenvalue weighted by Crippen LogP contribution is 2.27. The second-order valence-electron chi connectivity index (χ2n) is 3.34. The Kier molecular flexibility index (Phi) is 4.37. The van der Waals surface area contributed by atoms with Crippen molar-refractivity contribution >= 4 is 5.91 Å². The molecule has 5 heteroatoms. The SMILES string of the molecule is NCCCNC(=O)C(F)(F)c1ccccc1. The van der Waals surface area contributed by atoms with Gasteiger partial charge in [-0.3, -0.25) is 4.79 Å². The van der Waals surface area contributed by atoms with E-state index in [-0.39, 0.29) is 12.1 Å². The van der Waals surface area contributed by atoms with Crippen LogP contribution in [0, 0.1) is 0 Å². The molecule has 3 N–H and O–H groups in total. The number of nitrogens with two attached hydrogens (primary N) is 1. The molecule has 0 aliphatic rings. The van der Waals surface area contributed by atoms with E-state index in [4.69, 9.17) is 5.73 Å². The third kappa shape index (κ3) is 3.00. The maximum atomic E-state index is 13.5. The first-order chi connectivity index (χ1) is 7.59. The summed E-state index contributed by atoms with van der Waals surface area (Å²) in [6.45, 7) is 0.523. The normalized spacial score (nSPS) is 11.2. The van der Waals surface area contributed by atoms with Gasteiger partial charge in [0, 0.05) is 12.1 Å². The van der Waals surface area contributed by atoms with Crippen LogP contribution in [0.3, 0.4) is 0 Å². The fourth-order valence-electron chi connectivity index (χ4n) is 1.19. The molecule has 1 aromatic carbocycles. The first kappa shape index (κ1) is 12.6. The van der Waals surface area contributed by atoms with Crippen molar-refractivity contribution in [3.05, 3.63) is 35.9 Å². The summed E-state index contributed by atoms with van der Waals surface area (Å²) in [4.78, 5) is 11.2. The van der Waals surface area contributed by atoms with Crippen molar-refractivity contribution in [2.24, 2.45) is 5.73 Å². The molecule has 0 bridgehead atoms. The molecule has 0 aromatic heterocycles. The number of hydrogen-bond donors (Lipinski definition) is 2. The van der Waals surface area contributed by atoms with Crippen LogP contribution in [0.15, 0.2) is 30.3 Å². The molecule has 1 rings (SSSR count). The minimum Gasteiger partial charge on any atom is -0.351 e. The van der Waals surface area contributed by atoms with Crippen LogP contribution in [0.25, 0.3) is 0 Å². The maximum absolute atomic E-state index is 13.5. The van der Waals surface area contributed by atoms with Gasteiger partial charge >= 0.3 is 5.92 Å². The standard InChI is InChI=1S/C11H14F2N2O/c12-11(13,9-5-2-1-3-6-9)10(16)15-8-4-7-14/h1-3,5-6H,4,7-8,14H2,(H,15,16). The van der Waals surface area contributed by atoms with Gasteiger partial charge in [-0.25, -0.2) is 0 Å². The van der Waals surface area contributed by atoms with Gasteiger partial charge < -0.3 is 11.1 Å². The zero-order valence-corrected chi connectivity index (χ0v) is 8.75. The van der Waals surface area contributed by atoms with Gasteiger partial charge in [0.2, 0.25) is 0 Å². The van der Waals surface area contributed by atoms with Crippen LogP contribution >= 0.6 is 0 Å². The number of alkyl halides is 2. The number of hydrogen-bond acceptors (Lipinski definition) is 2. The summed E-state index contributed by atoms with van der Waals surface area (Å²) >= 11 is 0. The van der Waals surface area contributed by atoms with E-state index >= 15 is 0 Å². The molecular formula is C11H14F2N2O. The van der Waals surface area contributed by atoms with Crippen molar-refractivity contribution in [3.63, 3.8) is 0 Å². The van der Waals surface area contributed by atoms with Crippen molar-refractivity contribution in [2.75, 3.05) is 13.1 Å². The van der Waals surface area contributed by atoms with E-state index in [1.54, 1.807) is 6.07 Å². The third-order valence-electron chi connectivity index (χ3n) is 2.09. The molecular weight excluding hydrogens is 214 g/mol. The topological polar surface area (TPSA) is 55.1 Å². The Morgan fingerprint density at radius 1 is 1.31 bits per heavy atom. The summed E-state index contributed by atoms with van der Waals surface area (Å²) in [6.07, 6.45) is 0.483. The summed E-state index contributed by atoms with van der Waals surface area (Å²) in [5.41, 5.74) is 4.89. The molecule has 1 amide bonds. The van der Waals surface area contributed by atoms with E-state index in [0.717, 1.165) is 0 Å². The molecule has 1 aromatic rings. The lowest BCUT2D eigenvalue weighted by Crippen LogP contribution is -2.39. The molecule has 16 heavy (non-hydrogen) atoms. The lowest BCUT2D eigenvalue weighted by Gasteiger charge is -2.15. The smallest absolute Gasteiger partial charge is 0.349 e. The second kappa shape index (κ2) is 5.55. The van der Waals surface area contributed by atoms with E-state index in [9.17, 15) is 13.6 Å². The molecule has 0 fully saturated rings. The molecule has 0 saturated carbocycles. The number of amides is 1. The largest absolute Gasteiger partial charge is 0.351 e. The van der Waals surface area contributed by atoms with Crippen LogP contribution < -0.4 is 11.1 Å². The van der Waals surface area contributed by atoms with Crippen LogP contribution in [0.5, 0.6) is 0 Å². The Balaban J connectivity index is 2.66. The Hall–Kier alpha value is -1.49. The van der Waals surface area contributed by atoms with Gasteiger partial charge in [0.15, 0.2) is 0 Å². The van der Waals surface area contributed by atoms with Gasteiger partial charge in [0.1, 0.15) is 0 Å². The average Bonchev–Trinajstić information content (AvgIpc) is 2.30. The number of rotatable bonds is 5. The first-order valence-corrected chi connectivity index (χ1v) is 5.00. The number of benzene rings is 1. The van der Waals surface area contributed by atoms with Crippen molar-refractivity contribution in [1.82, 2.24) is 5.32 Å². The van der Waals surface area contributed by atoms with Crippen LogP contribution in [0.4, 0.5) is 8.78 Å². The Morgan fingerprint density at radius 3 is 2.50 bits per heavy atom. The molecule has 0 aliphatic heterocycles. The summed E-state index contributed by atoms with van der Waals surface area (Å²) in [5.74, 6) is -4.78.